The van der Waals surface area contributed by atoms with Crippen LogP contribution in [0.25, 0.3) is 16.6 Å². The number of nitrogen functional groups attached to an aromatic ring is 1. The van der Waals surface area contributed by atoms with E-state index in [0.717, 1.165) is 16.6 Å². The first-order valence-electron chi connectivity index (χ1n) is 5.96. The highest BCUT2D eigenvalue weighted by molar-refractivity contribution is 6.36. The number of aromatic nitrogens is 1. The maximum atomic E-state index is 10.9. The standard InChI is InChI=1S/C15H11ClN2O2/c16-11-2-1-3-13-14(11)12(17)8-18(13)10-6-4-9(5-7-10)15(19)20/h1-8H,17H2,(H,19,20). The van der Waals surface area contributed by atoms with Crippen molar-refractivity contribution < 1.29 is 9.90 Å². The summed E-state index contributed by atoms with van der Waals surface area (Å²) < 4.78 is 1.89. The molecule has 3 aromatic rings. The van der Waals surface area contributed by atoms with E-state index in [1.165, 1.54) is 0 Å². The van der Waals surface area contributed by atoms with Gasteiger partial charge in [0.25, 0.3) is 0 Å². The van der Waals surface area contributed by atoms with Gasteiger partial charge in [0.15, 0.2) is 0 Å². The molecule has 0 saturated heterocycles. The van der Waals surface area contributed by atoms with Crippen LogP contribution in [-0.2, 0) is 0 Å². The molecular weight excluding hydrogens is 276 g/mol. The number of halogens is 1. The van der Waals surface area contributed by atoms with Gasteiger partial charge in [-0.05, 0) is 36.4 Å². The number of anilines is 1. The van der Waals surface area contributed by atoms with E-state index in [0.29, 0.717) is 10.7 Å². The quantitative estimate of drug-likeness (QED) is 0.757. The molecule has 20 heavy (non-hydrogen) atoms. The number of rotatable bonds is 2. The average Bonchev–Trinajstić information content (AvgIpc) is 2.77. The lowest BCUT2D eigenvalue weighted by molar-refractivity contribution is 0.0697. The molecule has 0 aliphatic heterocycles. The Bertz CT molecular complexity index is 807. The molecule has 4 nitrogen and oxygen atoms in total. The lowest BCUT2D eigenvalue weighted by Gasteiger charge is -2.05. The van der Waals surface area contributed by atoms with Crippen molar-refractivity contribution in [1.82, 2.24) is 4.57 Å². The largest absolute Gasteiger partial charge is 0.478 e. The molecule has 0 bridgehead atoms. The maximum absolute atomic E-state index is 10.9. The molecule has 0 unspecified atom stereocenters. The van der Waals surface area contributed by atoms with E-state index in [-0.39, 0.29) is 5.56 Å². The van der Waals surface area contributed by atoms with Gasteiger partial charge in [-0.15, -0.1) is 0 Å². The topological polar surface area (TPSA) is 68.2 Å². The molecule has 0 aliphatic rings. The van der Waals surface area contributed by atoms with Crippen LogP contribution in [0.2, 0.25) is 5.02 Å². The third kappa shape index (κ3) is 1.90. The van der Waals surface area contributed by atoms with Crippen LogP contribution < -0.4 is 5.73 Å². The van der Waals surface area contributed by atoms with Crippen molar-refractivity contribution in [3.8, 4) is 5.69 Å². The van der Waals surface area contributed by atoms with Gasteiger partial charge in [0.05, 0.1) is 21.8 Å². The van der Waals surface area contributed by atoms with E-state index in [1.807, 2.05) is 16.7 Å². The summed E-state index contributed by atoms with van der Waals surface area (Å²) in [7, 11) is 0. The average molecular weight is 287 g/mol. The van der Waals surface area contributed by atoms with Gasteiger partial charge < -0.3 is 15.4 Å². The molecule has 0 saturated carbocycles. The lowest BCUT2D eigenvalue weighted by Crippen LogP contribution is -1.97. The maximum Gasteiger partial charge on any atom is 0.335 e. The van der Waals surface area contributed by atoms with Crippen molar-refractivity contribution in [2.75, 3.05) is 5.73 Å². The van der Waals surface area contributed by atoms with Crippen LogP contribution in [0.4, 0.5) is 5.69 Å². The molecule has 2 aromatic carbocycles. The normalized spacial score (nSPS) is 10.8. The van der Waals surface area contributed by atoms with Gasteiger partial charge in [0, 0.05) is 17.3 Å². The fourth-order valence-electron chi connectivity index (χ4n) is 2.25. The molecule has 3 N–H and O–H groups in total. The molecule has 1 heterocycles. The Morgan fingerprint density at radius 2 is 1.85 bits per heavy atom. The van der Waals surface area contributed by atoms with E-state index in [1.54, 1.807) is 36.5 Å². The summed E-state index contributed by atoms with van der Waals surface area (Å²) >= 11 is 6.16. The van der Waals surface area contributed by atoms with Crippen molar-refractivity contribution in [3.05, 3.63) is 59.2 Å². The molecule has 0 amide bonds. The van der Waals surface area contributed by atoms with Gasteiger partial charge in [0.2, 0.25) is 0 Å². The van der Waals surface area contributed by atoms with E-state index in [2.05, 4.69) is 0 Å². The van der Waals surface area contributed by atoms with Gasteiger partial charge >= 0.3 is 5.97 Å². The zero-order valence-electron chi connectivity index (χ0n) is 10.4. The van der Waals surface area contributed by atoms with Crippen molar-refractivity contribution in [3.63, 3.8) is 0 Å². The van der Waals surface area contributed by atoms with Crippen molar-refractivity contribution in [2.24, 2.45) is 0 Å². The second kappa shape index (κ2) is 4.58. The van der Waals surface area contributed by atoms with Crippen LogP contribution in [0.5, 0.6) is 0 Å². The predicted octanol–water partition coefficient (Wildman–Crippen LogP) is 3.56. The number of benzene rings is 2. The number of nitrogens with two attached hydrogens (primary N) is 1. The summed E-state index contributed by atoms with van der Waals surface area (Å²) in [6.07, 6.45) is 1.78. The van der Waals surface area contributed by atoms with E-state index in [4.69, 9.17) is 22.4 Å². The number of hydrogen-bond acceptors (Lipinski definition) is 2. The van der Waals surface area contributed by atoms with Gasteiger partial charge in [-0.1, -0.05) is 17.7 Å². The van der Waals surface area contributed by atoms with Crippen LogP contribution in [-0.4, -0.2) is 15.6 Å². The third-order valence-corrected chi connectivity index (χ3v) is 3.52. The summed E-state index contributed by atoms with van der Waals surface area (Å²) in [5.74, 6) is -0.948. The van der Waals surface area contributed by atoms with Crippen molar-refractivity contribution >= 4 is 34.2 Å². The molecule has 0 aliphatic carbocycles. The Balaban J connectivity index is 2.20. The molecule has 0 fully saturated rings. The minimum absolute atomic E-state index is 0.246. The third-order valence-electron chi connectivity index (χ3n) is 3.20. The smallest absolute Gasteiger partial charge is 0.335 e. The highest BCUT2D eigenvalue weighted by atomic mass is 35.5. The lowest BCUT2D eigenvalue weighted by atomic mass is 10.2. The van der Waals surface area contributed by atoms with Gasteiger partial charge in [-0.25, -0.2) is 4.79 Å². The van der Waals surface area contributed by atoms with Gasteiger partial charge in [-0.3, -0.25) is 0 Å². The monoisotopic (exact) mass is 286 g/mol. The summed E-state index contributed by atoms with van der Waals surface area (Å²) in [6, 6.07) is 12.2. The van der Waals surface area contributed by atoms with Crippen LogP contribution in [0.3, 0.4) is 0 Å². The Kier molecular flexibility index (Phi) is 2.88. The predicted molar refractivity (Wildman–Crippen MR) is 79.7 cm³/mol. The summed E-state index contributed by atoms with van der Waals surface area (Å²) in [4.78, 5) is 10.9. The fraction of sp³-hybridized carbons (Fsp3) is 0. The van der Waals surface area contributed by atoms with Crippen LogP contribution in [0, 0.1) is 0 Å². The van der Waals surface area contributed by atoms with E-state index in [9.17, 15) is 4.79 Å². The number of carbonyl (C=O) groups is 1. The van der Waals surface area contributed by atoms with Gasteiger partial charge in [0.1, 0.15) is 0 Å². The first-order valence-corrected chi connectivity index (χ1v) is 6.34. The Morgan fingerprint density at radius 3 is 2.50 bits per heavy atom. The van der Waals surface area contributed by atoms with Crippen molar-refractivity contribution in [1.29, 1.82) is 0 Å². The second-order valence-electron chi connectivity index (χ2n) is 4.44. The molecule has 0 radical (unpaired) electrons. The molecule has 0 spiro atoms. The number of carboxylic acids is 1. The summed E-state index contributed by atoms with van der Waals surface area (Å²) in [6.45, 7) is 0. The van der Waals surface area contributed by atoms with Crippen molar-refractivity contribution in [2.45, 2.75) is 0 Å². The molecule has 5 heteroatoms. The Hall–Kier alpha value is -2.46. The highest BCUT2D eigenvalue weighted by Gasteiger charge is 2.11. The summed E-state index contributed by atoms with van der Waals surface area (Å²) in [5, 5.41) is 10.3. The fourth-order valence-corrected chi connectivity index (χ4v) is 2.53. The van der Waals surface area contributed by atoms with E-state index >= 15 is 0 Å². The number of hydrogen-bond donors (Lipinski definition) is 2. The number of carboxylic acid groups (broad SMARTS) is 1. The number of fused-ring (bicyclic) bond motifs is 1. The zero-order chi connectivity index (χ0) is 14.3. The zero-order valence-corrected chi connectivity index (χ0v) is 11.1. The Labute approximate surface area is 120 Å². The molecular formula is C15H11ClN2O2. The summed E-state index contributed by atoms with van der Waals surface area (Å²) in [5.41, 5.74) is 8.55. The first-order chi connectivity index (χ1) is 9.58. The van der Waals surface area contributed by atoms with Crippen LogP contribution in [0.15, 0.2) is 48.7 Å². The molecule has 3 rings (SSSR count). The number of aromatic carboxylic acids is 1. The minimum atomic E-state index is -0.948. The van der Waals surface area contributed by atoms with E-state index < -0.39 is 5.97 Å². The Morgan fingerprint density at radius 1 is 1.15 bits per heavy atom. The first kappa shape index (κ1) is 12.6. The number of nitrogens with zero attached hydrogens (tertiary/aromatic N) is 1. The minimum Gasteiger partial charge on any atom is -0.478 e. The molecule has 0 atom stereocenters. The van der Waals surface area contributed by atoms with Crippen LogP contribution >= 0.6 is 11.6 Å². The second-order valence-corrected chi connectivity index (χ2v) is 4.85. The van der Waals surface area contributed by atoms with Crippen LogP contribution in [0.1, 0.15) is 10.4 Å². The highest BCUT2D eigenvalue weighted by Crippen LogP contribution is 2.32. The SMILES string of the molecule is Nc1cn(-c2ccc(C(=O)O)cc2)c2cccc(Cl)c12. The molecule has 1 aromatic heterocycles. The molecule has 100 valence electrons. The van der Waals surface area contributed by atoms with Gasteiger partial charge in [-0.2, -0.15) is 0 Å².